The highest BCUT2D eigenvalue weighted by atomic mass is 16.4. The van der Waals surface area contributed by atoms with Crippen molar-refractivity contribution in [2.24, 2.45) is 10.7 Å². The van der Waals surface area contributed by atoms with Gasteiger partial charge in [0.05, 0.1) is 11.6 Å². The lowest BCUT2D eigenvalue weighted by molar-refractivity contribution is 0.205. The number of aromatic hydroxyl groups is 1. The normalized spacial score (nSPS) is 11.9. The van der Waals surface area contributed by atoms with Crippen molar-refractivity contribution in [3.05, 3.63) is 24.2 Å². The molecule has 0 fully saturated rings. The number of hydrogen-bond acceptors (Lipinski definition) is 4. The highest BCUT2D eigenvalue weighted by molar-refractivity contribution is 6.06. The molecule has 0 radical (unpaired) electrons. The van der Waals surface area contributed by atoms with Crippen molar-refractivity contribution in [2.45, 2.75) is 0 Å². The topological polar surface area (TPSA) is 122 Å². The Hall–Kier alpha value is -2.57. The van der Waals surface area contributed by atoms with Gasteiger partial charge in [0.2, 0.25) is 5.76 Å². The summed E-state index contributed by atoms with van der Waals surface area (Å²) in [6.45, 7) is 0. The molecule has 0 bridgehead atoms. The van der Waals surface area contributed by atoms with Gasteiger partial charge in [0.1, 0.15) is 0 Å². The van der Waals surface area contributed by atoms with E-state index in [1.165, 1.54) is 18.5 Å². The first-order chi connectivity index (χ1) is 7.59. The zero-order chi connectivity index (χ0) is 11.7. The maximum Gasteiger partial charge on any atom is 0.433 e. The number of carbonyl (C=O) groups is 1. The van der Waals surface area contributed by atoms with Crippen LogP contribution in [0.15, 0.2) is 27.9 Å². The van der Waals surface area contributed by atoms with E-state index in [0.717, 1.165) is 0 Å². The molecule has 82 valence electrons. The van der Waals surface area contributed by atoms with Gasteiger partial charge in [-0.3, -0.25) is 4.98 Å². The van der Waals surface area contributed by atoms with Crippen LogP contribution in [0.1, 0.15) is 5.76 Å². The van der Waals surface area contributed by atoms with Crippen LogP contribution in [-0.4, -0.2) is 27.1 Å². The van der Waals surface area contributed by atoms with Crippen molar-refractivity contribution in [1.29, 1.82) is 0 Å². The summed E-state index contributed by atoms with van der Waals surface area (Å²) < 4.78 is 5.13. The van der Waals surface area contributed by atoms with Gasteiger partial charge in [0.15, 0.2) is 17.2 Å². The summed E-state index contributed by atoms with van der Waals surface area (Å²) in [5, 5.41) is 18.5. The Balaban J connectivity index is 2.62. The van der Waals surface area contributed by atoms with E-state index in [2.05, 4.69) is 9.98 Å². The number of furan rings is 1. The van der Waals surface area contributed by atoms with Gasteiger partial charge >= 0.3 is 6.09 Å². The van der Waals surface area contributed by atoms with E-state index < -0.39 is 11.9 Å². The SMILES string of the molecule is NC(=NC(=O)O)c1oc2cnccc2c1O. The van der Waals surface area contributed by atoms with Crippen LogP contribution in [0.25, 0.3) is 11.0 Å². The molecule has 0 saturated carbocycles. The number of aromatic nitrogens is 1. The van der Waals surface area contributed by atoms with Gasteiger partial charge in [0.25, 0.3) is 0 Å². The minimum absolute atomic E-state index is 0.176. The molecule has 7 heteroatoms. The van der Waals surface area contributed by atoms with Gasteiger partial charge < -0.3 is 20.4 Å². The van der Waals surface area contributed by atoms with E-state index in [1.807, 2.05) is 0 Å². The van der Waals surface area contributed by atoms with Crippen LogP contribution in [0.3, 0.4) is 0 Å². The smallest absolute Gasteiger partial charge is 0.433 e. The summed E-state index contributed by atoms with van der Waals surface area (Å²) in [5.41, 5.74) is 5.66. The molecule has 2 rings (SSSR count). The zero-order valence-electron chi connectivity index (χ0n) is 7.91. The Morgan fingerprint density at radius 3 is 2.94 bits per heavy atom. The molecule has 0 saturated heterocycles. The van der Waals surface area contributed by atoms with Gasteiger partial charge in [-0.25, -0.2) is 4.79 Å². The molecule has 4 N–H and O–H groups in total. The minimum atomic E-state index is -1.46. The third kappa shape index (κ3) is 1.54. The van der Waals surface area contributed by atoms with E-state index in [9.17, 15) is 9.90 Å². The van der Waals surface area contributed by atoms with Crippen molar-refractivity contribution in [3.63, 3.8) is 0 Å². The van der Waals surface area contributed by atoms with Gasteiger partial charge in [-0.05, 0) is 6.07 Å². The molecule has 0 aliphatic rings. The average Bonchev–Trinajstić information content (AvgIpc) is 2.56. The van der Waals surface area contributed by atoms with Crippen molar-refractivity contribution in [3.8, 4) is 5.75 Å². The second kappa shape index (κ2) is 3.54. The molecule has 7 nitrogen and oxygen atoms in total. The first-order valence-corrected chi connectivity index (χ1v) is 4.22. The summed E-state index contributed by atoms with van der Waals surface area (Å²) in [6.07, 6.45) is 1.38. The lowest BCUT2D eigenvalue weighted by atomic mass is 10.3. The van der Waals surface area contributed by atoms with Crippen LogP contribution in [0.5, 0.6) is 5.75 Å². The largest absolute Gasteiger partial charge is 0.504 e. The van der Waals surface area contributed by atoms with Crippen molar-refractivity contribution >= 4 is 22.9 Å². The van der Waals surface area contributed by atoms with Gasteiger partial charge in [-0.2, -0.15) is 4.99 Å². The number of nitrogens with two attached hydrogens (primary N) is 1. The number of amides is 1. The quantitative estimate of drug-likeness (QED) is 0.486. The van der Waals surface area contributed by atoms with E-state index in [-0.39, 0.29) is 11.5 Å². The number of hydrogen-bond donors (Lipinski definition) is 3. The summed E-state index contributed by atoms with van der Waals surface area (Å²) >= 11 is 0. The minimum Gasteiger partial charge on any atom is -0.504 e. The fraction of sp³-hybridized carbons (Fsp3) is 0. The predicted octanol–water partition coefficient (Wildman–Crippen LogP) is 0.917. The molecule has 2 aromatic rings. The number of nitrogens with zero attached hydrogens (tertiary/aromatic N) is 2. The summed E-state index contributed by atoms with van der Waals surface area (Å²) in [6, 6.07) is 1.52. The fourth-order valence-electron chi connectivity index (χ4n) is 1.26. The third-order valence-corrected chi connectivity index (χ3v) is 1.92. The maximum absolute atomic E-state index is 10.3. The molecular formula is C9H7N3O4. The molecular weight excluding hydrogens is 214 g/mol. The van der Waals surface area contributed by atoms with E-state index >= 15 is 0 Å². The van der Waals surface area contributed by atoms with Crippen LogP contribution in [0.2, 0.25) is 0 Å². The Labute approximate surface area is 88.8 Å². The lowest BCUT2D eigenvalue weighted by Crippen LogP contribution is -2.14. The molecule has 0 aliphatic carbocycles. The monoisotopic (exact) mass is 221 g/mol. The zero-order valence-corrected chi connectivity index (χ0v) is 7.91. The standard InChI is InChI=1S/C9H7N3O4/c10-8(12-9(14)15)7-6(13)4-1-2-11-3-5(4)16-7/h1-3,13H,(H2,10,12)(H,14,15). The third-order valence-electron chi connectivity index (χ3n) is 1.92. The predicted molar refractivity (Wildman–Crippen MR) is 54.4 cm³/mol. The van der Waals surface area contributed by atoms with Gasteiger partial charge in [-0.15, -0.1) is 0 Å². The Morgan fingerprint density at radius 2 is 2.31 bits per heavy atom. The highest BCUT2D eigenvalue weighted by Crippen LogP contribution is 2.30. The first kappa shape index (κ1) is 9.97. The molecule has 0 aliphatic heterocycles. The number of pyridine rings is 1. The number of amidine groups is 1. The Kier molecular flexibility index (Phi) is 2.20. The fourth-order valence-corrected chi connectivity index (χ4v) is 1.26. The molecule has 0 spiro atoms. The summed E-state index contributed by atoms with van der Waals surface area (Å²) in [7, 11) is 0. The molecule has 1 amide bonds. The van der Waals surface area contributed by atoms with Crippen LogP contribution >= 0.6 is 0 Å². The highest BCUT2D eigenvalue weighted by Gasteiger charge is 2.16. The second-order valence-electron chi connectivity index (χ2n) is 2.93. The van der Waals surface area contributed by atoms with Crippen LogP contribution < -0.4 is 5.73 Å². The number of aliphatic imine (C=N–C) groups is 1. The molecule has 2 heterocycles. The van der Waals surface area contributed by atoms with E-state index in [0.29, 0.717) is 11.0 Å². The molecule has 0 aromatic carbocycles. The van der Waals surface area contributed by atoms with Crippen molar-refractivity contribution in [1.82, 2.24) is 4.98 Å². The summed E-state index contributed by atoms with van der Waals surface area (Å²) in [4.78, 5) is 17.1. The van der Waals surface area contributed by atoms with Crippen LogP contribution in [0.4, 0.5) is 4.79 Å². The number of rotatable bonds is 1. The molecule has 2 aromatic heterocycles. The summed E-state index contributed by atoms with van der Waals surface area (Å²) in [5.74, 6) is -0.827. The maximum atomic E-state index is 10.3. The molecule has 0 atom stereocenters. The second-order valence-corrected chi connectivity index (χ2v) is 2.93. The molecule has 16 heavy (non-hydrogen) atoms. The Bertz CT molecular complexity index is 587. The number of carboxylic acid groups (broad SMARTS) is 1. The van der Waals surface area contributed by atoms with Crippen LogP contribution in [0, 0.1) is 0 Å². The van der Waals surface area contributed by atoms with E-state index in [1.54, 1.807) is 0 Å². The average molecular weight is 221 g/mol. The van der Waals surface area contributed by atoms with E-state index in [4.69, 9.17) is 15.3 Å². The first-order valence-electron chi connectivity index (χ1n) is 4.22. The molecule has 0 unspecified atom stereocenters. The lowest BCUT2D eigenvalue weighted by Gasteiger charge is -1.93. The van der Waals surface area contributed by atoms with Gasteiger partial charge in [-0.1, -0.05) is 0 Å². The number of fused-ring (bicyclic) bond motifs is 1. The van der Waals surface area contributed by atoms with Crippen molar-refractivity contribution in [2.75, 3.05) is 0 Å². The van der Waals surface area contributed by atoms with Crippen LogP contribution in [-0.2, 0) is 0 Å². The van der Waals surface area contributed by atoms with Gasteiger partial charge in [0, 0.05) is 6.20 Å². The van der Waals surface area contributed by atoms with Crippen molar-refractivity contribution < 1.29 is 19.4 Å². The Morgan fingerprint density at radius 1 is 1.56 bits per heavy atom.